The molecule has 0 aromatic carbocycles. The van der Waals surface area contributed by atoms with Gasteiger partial charge in [0.15, 0.2) is 0 Å². The van der Waals surface area contributed by atoms with E-state index in [1.807, 2.05) is 0 Å². The third-order valence-corrected chi connectivity index (χ3v) is 0. The first kappa shape index (κ1) is 15.7. The molecule has 0 atom stereocenters. The Kier molecular flexibility index (Phi) is 25.2. The molecule has 0 aliphatic carbocycles. The van der Waals surface area contributed by atoms with Crippen molar-refractivity contribution in [1.82, 2.24) is 0 Å². The molecule has 0 bridgehead atoms. The van der Waals surface area contributed by atoms with Gasteiger partial charge in [-0.15, -0.1) is 0 Å². The fraction of sp³-hybridized carbons (Fsp3) is 0. The van der Waals surface area contributed by atoms with Crippen molar-refractivity contribution in [3.8, 4) is 0 Å². The maximum atomic E-state index is 8.74. The predicted molar refractivity (Wildman–Crippen MR) is 13.4 cm³/mol. The summed E-state index contributed by atoms with van der Waals surface area (Å²) in [4.78, 5) is 14.3. The van der Waals surface area contributed by atoms with Crippen LogP contribution in [0.15, 0.2) is 0 Å². The SMILES string of the molecule is O=[PH](O)O.[Mo].[V]. The van der Waals surface area contributed by atoms with Crippen molar-refractivity contribution < 1.29 is 54.0 Å². The Balaban J connectivity index is -0.0000000450. The third kappa shape index (κ3) is 52.4. The largest absolute Gasteiger partial charge is 0.326 e. The van der Waals surface area contributed by atoms with Gasteiger partial charge in [0.05, 0.1) is 0 Å². The quantitative estimate of drug-likeness (QED) is 0.428. The average Bonchev–Trinajstić information content (AvgIpc) is 0.811. The summed E-state index contributed by atoms with van der Waals surface area (Å²) >= 11 is 0. The molecule has 2 N–H and O–H groups in total. The molecule has 0 aromatic rings. The summed E-state index contributed by atoms with van der Waals surface area (Å²) in [5, 5.41) is 0. The fourth-order valence-corrected chi connectivity index (χ4v) is 0. The van der Waals surface area contributed by atoms with Gasteiger partial charge in [0, 0.05) is 39.6 Å². The van der Waals surface area contributed by atoms with E-state index in [4.69, 9.17) is 14.4 Å². The van der Waals surface area contributed by atoms with Crippen molar-refractivity contribution in [2.45, 2.75) is 0 Å². The molecule has 0 unspecified atom stereocenters. The second-order valence-electron chi connectivity index (χ2n) is 0.283. The van der Waals surface area contributed by atoms with E-state index < -0.39 is 8.25 Å². The summed E-state index contributed by atoms with van der Waals surface area (Å²) in [6.45, 7) is 0. The molecular formula is H3MoO3PV. The standard InChI is InChI=1S/Mo.H3O3P.V/c;1-4(2)3;/h;4H,(H2,1,2,3);. The molecule has 0 rings (SSSR count). The molecular weight excluding hydrogens is 226 g/mol. The minimum atomic E-state index is -3.13. The van der Waals surface area contributed by atoms with Crippen molar-refractivity contribution in [3.05, 3.63) is 0 Å². The molecule has 0 aliphatic rings. The summed E-state index contributed by atoms with van der Waals surface area (Å²) in [5.74, 6) is 0. The minimum absolute atomic E-state index is 0. The molecule has 0 spiro atoms. The van der Waals surface area contributed by atoms with Crippen LogP contribution in [0, 0.1) is 0 Å². The van der Waals surface area contributed by atoms with Crippen molar-refractivity contribution in [2.24, 2.45) is 0 Å². The molecule has 0 amide bonds. The molecule has 0 aromatic heterocycles. The second kappa shape index (κ2) is 9.66. The van der Waals surface area contributed by atoms with E-state index in [0.717, 1.165) is 0 Å². The van der Waals surface area contributed by atoms with Crippen LogP contribution in [0.3, 0.4) is 0 Å². The Morgan fingerprint density at radius 3 is 1.33 bits per heavy atom. The van der Waals surface area contributed by atoms with Crippen LogP contribution in [0.5, 0.6) is 0 Å². The fourth-order valence-electron chi connectivity index (χ4n) is 0. The third-order valence-electron chi connectivity index (χ3n) is 0. The average molecular weight is 229 g/mol. The molecule has 6 heteroatoms. The zero-order valence-electron chi connectivity index (χ0n) is 2.66. The van der Waals surface area contributed by atoms with Crippen molar-refractivity contribution in [1.29, 1.82) is 0 Å². The zero-order valence-corrected chi connectivity index (χ0v) is 7.06. The summed E-state index contributed by atoms with van der Waals surface area (Å²) < 4.78 is 8.74. The van der Waals surface area contributed by atoms with Gasteiger partial charge >= 0.3 is 8.25 Å². The molecule has 0 heterocycles. The number of hydrogen-bond donors (Lipinski definition) is 2. The van der Waals surface area contributed by atoms with Gasteiger partial charge in [-0.05, 0) is 0 Å². The summed E-state index contributed by atoms with van der Waals surface area (Å²) in [6.07, 6.45) is 0. The van der Waals surface area contributed by atoms with E-state index in [1.54, 1.807) is 0 Å². The Morgan fingerprint density at radius 1 is 1.33 bits per heavy atom. The Morgan fingerprint density at radius 2 is 1.33 bits per heavy atom. The van der Waals surface area contributed by atoms with Crippen molar-refractivity contribution in [2.75, 3.05) is 0 Å². The summed E-state index contributed by atoms with van der Waals surface area (Å²) in [6, 6.07) is 0. The predicted octanol–water partition coefficient (Wildman–Crippen LogP) is -0.644. The first-order valence-electron chi connectivity index (χ1n) is 0.651. The van der Waals surface area contributed by atoms with E-state index in [-0.39, 0.29) is 39.6 Å². The van der Waals surface area contributed by atoms with Crippen LogP contribution in [-0.4, -0.2) is 9.79 Å². The van der Waals surface area contributed by atoms with Crippen molar-refractivity contribution >= 4 is 8.25 Å². The zero-order chi connectivity index (χ0) is 3.58. The van der Waals surface area contributed by atoms with Crippen LogP contribution >= 0.6 is 8.25 Å². The van der Waals surface area contributed by atoms with Crippen LogP contribution < -0.4 is 0 Å². The van der Waals surface area contributed by atoms with Gasteiger partial charge in [-0.2, -0.15) is 0 Å². The van der Waals surface area contributed by atoms with Gasteiger partial charge in [-0.1, -0.05) is 0 Å². The molecule has 0 aliphatic heterocycles. The number of hydrogen-bond acceptors (Lipinski definition) is 1. The van der Waals surface area contributed by atoms with Crippen molar-refractivity contribution in [3.63, 3.8) is 0 Å². The normalized spacial score (nSPS) is 5.83. The maximum Gasteiger partial charge on any atom is 0.314 e. The Labute approximate surface area is 62.2 Å². The summed E-state index contributed by atoms with van der Waals surface area (Å²) in [5.41, 5.74) is 0. The van der Waals surface area contributed by atoms with Gasteiger partial charge in [0.25, 0.3) is 0 Å². The molecule has 1 radical (unpaired) electrons. The Hall–Kier alpha value is 1.42. The number of rotatable bonds is 0. The van der Waals surface area contributed by atoms with E-state index in [0.29, 0.717) is 0 Å². The maximum absolute atomic E-state index is 8.74. The Bertz CT molecular complexity index is 33.8. The molecule has 0 fully saturated rings. The van der Waals surface area contributed by atoms with E-state index in [1.165, 1.54) is 0 Å². The van der Waals surface area contributed by atoms with Crippen LogP contribution in [0.2, 0.25) is 0 Å². The second-order valence-corrected chi connectivity index (χ2v) is 0.848. The van der Waals surface area contributed by atoms with E-state index >= 15 is 0 Å². The van der Waals surface area contributed by atoms with Crippen LogP contribution in [-0.2, 0) is 44.2 Å². The van der Waals surface area contributed by atoms with E-state index in [9.17, 15) is 0 Å². The summed E-state index contributed by atoms with van der Waals surface area (Å²) in [7, 11) is -3.13. The smallest absolute Gasteiger partial charge is 0.314 e. The van der Waals surface area contributed by atoms with Gasteiger partial charge in [-0.25, -0.2) is 0 Å². The van der Waals surface area contributed by atoms with Gasteiger partial charge < -0.3 is 9.79 Å². The van der Waals surface area contributed by atoms with Gasteiger partial charge in [-0.3, -0.25) is 4.57 Å². The molecule has 3 nitrogen and oxygen atoms in total. The van der Waals surface area contributed by atoms with Crippen LogP contribution in [0.1, 0.15) is 0 Å². The van der Waals surface area contributed by atoms with E-state index in [2.05, 4.69) is 0 Å². The topological polar surface area (TPSA) is 57.5 Å². The first-order valence-corrected chi connectivity index (χ1v) is 1.95. The minimum Gasteiger partial charge on any atom is -0.326 e. The molecule has 0 saturated heterocycles. The first-order chi connectivity index (χ1) is 1.73. The van der Waals surface area contributed by atoms with Crippen LogP contribution in [0.4, 0.5) is 0 Å². The molecule has 6 heavy (non-hydrogen) atoms. The molecule has 37 valence electrons. The van der Waals surface area contributed by atoms with Gasteiger partial charge in [0.2, 0.25) is 0 Å². The van der Waals surface area contributed by atoms with Gasteiger partial charge in [0.1, 0.15) is 0 Å². The monoisotopic (exact) mass is 231 g/mol. The molecule has 0 saturated carbocycles. The van der Waals surface area contributed by atoms with Crippen LogP contribution in [0.25, 0.3) is 0 Å².